The summed E-state index contributed by atoms with van der Waals surface area (Å²) in [5.41, 5.74) is 1.63. The number of methoxy groups -OCH3 is 1. The molecule has 3 rings (SSSR count). The number of carbonyl (C=O) groups is 1. The second-order valence-electron chi connectivity index (χ2n) is 6.75. The number of amides is 1. The van der Waals surface area contributed by atoms with E-state index in [1.807, 2.05) is 24.3 Å². The number of benzene rings is 2. The average Bonchev–Trinajstić information content (AvgIpc) is 2.76. The fraction of sp³-hybridized carbons (Fsp3) is 0.381. The van der Waals surface area contributed by atoms with Crippen molar-refractivity contribution in [2.75, 3.05) is 30.3 Å². The monoisotopic (exact) mass is 418 g/mol. The lowest BCUT2D eigenvalue weighted by atomic mass is 10.1. The molecule has 0 unspecified atom stereocenters. The molecule has 1 atom stereocenters. The number of para-hydroxylation sites is 2. The molecule has 29 heavy (non-hydrogen) atoms. The maximum absolute atomic E-state index is 12.6. The Morgan fingerprint density at radius 2 is 1.93 bits per heavy atom. The number of rotatable bonds is 8. The lowest BCUT2D eigenvalue weighted by Gasteiger charge is -2.34. The molecule has 0 fully saturated rings. The van der Waals surface area contributed by atoms with E-state index in [0.29, 0.717) is 18.0 Å². The number of carbonyl (C=O) groups excluding carboxylic acids is 1. The highest BCUT2D eigenvalue weighted by atomic mass is 32.2. The third kappa shape index (κ3) is 5.00. The minimum absolute atomic E-state index is 0.0303. The van der Waals surface area contributed by atoms with E-state index in [9.17, 15) is 13.2 Å². The third-order valence-corrected chi connectivity index (χ3v) is 6.58. The van der Waals surface area contributed by atoms with Crippen LogP contribution >= 0.6 is 0 Å². The standard InChI is InChI=1S/C21H26N2O5S/c1-3-29(25,26)23-15-20(28-19-9-5-4-8-18(19)23)21(24)22-14-6-7-16-10-12-17(27-2)13-11-16/h4-5,8-13,20H,3,6-7,14-15H2,1-2H3,(H,22,24)/t20-/m1/s1. The van der Waals surface area contributed by atoms with Crippen LogP contribution in [0, 0.1) is 0 Å². The smallest absolute Gasteiger partial charge is 0.263 e. The van der Waals surface area contributed by atoms with Gasteiger partial charge in [0.15, 0.2) is 6.10 Å². The molecule has 0 radical (unpaired) electrons. The molecule has 8 heteroatoms. The second-order valence-corrected chi connectivity index (χ2v) is 8.93. The highest BCUT2D eigenvalue weighted by Crippen LogP contribution is 2.35. The lowest BCUT2D eigenvalue weighted by molar-refractivity contribution is -0.127. The molecule has 2 aromatic rings. The Bertz CT molecular complexity index is 944. The van der Waals surface area contributed by atoms with Gasteiger partial charge in [0.2, 0.25) is 10.0 Å². The zero-order chi connectivity index (χ0) is 20.9. The number of hydrogen-bond acceptors (Lipinski definition) is 5. The lowest BCUT2D eigenvalue weighted by Crippen LogP contribution is -2.51. The Hall–Kier alpha value is -2.74. The molecule has 0 saturated carbocycles. The molecule has 0 aliphatic carbocycles. The van der Waals surface area contributed by atoms with Crippen LogP contribution in [0.15, 0.2) is 48.5 Å². The van der Waals surface area contributed by atoms with Crippen LogP contribution in [0.3, 0.4) is 0 Å². The van der Waals surface area contributed by atoms with E-state index >= 15 is 0 Å². The highest BCUT2D eigenvalue weighted by molar-refractivity contribution is 7.92. The normalized spacial score (nSPS) is 15.9. The van der Waals surface area contributed by atoms with Gasteiger partial charge in [0, 0.05) is 6.54 Å². The molecule has 156 valence electrons. The number of fused-ring (bicyclic) bond motifs is 1. The van der Waals surface area contributed by atoms with E-state index in [1.165, 1.54) is 4.31 Å². The van der Waals surface area contributed by atoms with Gasteiger partial charge in [-0.25, -0.2) is 8.42 Å². The zero-order valence-corrected chi connectivity index (χ0v) is 17.4. The maximum Gasteiger partial charge on any atom is 0.263 e. The summed E-state index contributed by atoms with van der Waals surface area (Å²) in [5, 5.41) is 2.86. The summed E-state index contributed by atoms with van der Waals surface area (Å²) in [4.78, 5) is 12.6. The van der Waals surface area contributed by atoms with Crippen molar-refractivity contribution < 1.29 is 22.7 Å². The van der Waals surface area contributed by atoms with Crippen molar-refractivity contribution in [3.63, 3.8) is 0 Å². The number of ether oxygens (including phenoxy) is 2. The van der Waals surface area contributed by atoms with Gasteiger partial charge in [0.05, 0.1) is 25.1 Å². The van der Waals surface area contributed by atoms with Gasteiger partial charge in [-0.2, -0.15) is 0 Å². The maximum atomic E-state index is 12.6. The van der Waals surface area contributed by atoms with Gasteiger partial charge >= 0.3 is 0 Å². The quantitative estimate of drug-likeness (QED) is 0.666. The Labute approximate surface area is 171 Å². The van der Waals surface area contributed by atoms with Crippen molar-refractivity contribution in [2.24, 2.45) is 0 Å². The SMILES string of the molecule is CCS(=O)(=O)N1C[C@H](C(=O)NCCCc2ccc(OC)cc2)Oc2ccccc21. The first-order valence-electron chi connectivity index (χ1n) is 9.61. The first-order valence-corrected chi connectivity index (χ1v) is 11.2. The summed E-state index contributed by atoms with van der Waals surface area (Å²) in [5.74, 6) is 0.848. The molecule has 0 aromatic heterocycles. The molecule has 1 amide bonds. The van der Waals surface area contributed by atoms with Gasteiger partial charge < -0.3 is 14.8 Å². The van der Waals surface area contributed by atoms with Gasteiger partial charge in [-0.3, -0.25) is 9.10 Å². The van der Waals surface area contributed by atoms with Crippen molar-refractivity contribution in [3.8, 4) is 11.5 Å². The minimum Gasteiger partial charge on any atom is -0.497 e. The van der Waals surface area contributed by atoms with Crippen LogP contribution in [-0.2, 0) is 21.2 Å². The van der Waals surface area contributed by atoms with Gasteiger partial charge in [-0.15, -0.1) is 0 Å². The molecule has 1 aliphatic heterocycles. The van der Waals surface area contributed by atoms with E-state index in [4.69, 9.17) is 9.47 Å². The molecule has 0 bridgehead atoms. The molecule has 0 saturated heterocycles. The summed E-state index contributed by atoms with van der Waals surface area (Å²) in [7, 11) is -1.88. The van der Waals surface area contributed by atoms with Crippen LogP contribution in [0.5, 0.6) is 11.5 Å². The van der Waals surface area contributed by atoms with Crippen LogP contribution in [-0.4, -0.2) is 46.4 Å². The Morgan fingerprint density at radius 3 is 2.62 bits per heavy atom. The third-order valence-electron chi connectivity index (χ3n) is 4.83. The Morgan fingerprint density at radius 1 is 1.21 bits per heavy atom. The summed E-state index contributed by atoms with van der Waals surface area (Å²) >= 11 is 0. The minimum atomic E-state index is -3.50. The number of aryl methyl sites for hydroxylation is 1. The van der Waals surface area contributed by atoms with Crippen molar-refractivity contribution in [2.45, 2.75) is 25.9 Å². The topological polar surface area (TPSA) is 84.9 Å². The Balaban J connectivity index is 1.58. The first kappa shape index (κ1) is 21.0. The number of hydrogen-bond donors (Lipinski definition) is 1. The average molecular weight is 419 g/mol. The van der Waals surface area contributed by atoms with E-state index in [-0.39, 0.29) is 18.2 Å². The molecule has 1 N–H and O–H groups in total. The first-order chi connectivity index (χ1) is 13.9. The van der Waals surface area contributed by atoms with Gasteiger partial charge in [0.1, 0.15) is 11.5 Å². The van der Waals surface area contributed by atoms with Crippen LogP contribution < -0.4 is 19.1 Å². The molecule has 2 aromatic carbocycles. The summed E-state index contributed by atoms with van der Waals surface area (Å²) in [6, 6.07) is 14.7. The Kier molecular flexibility index (Phi) is 6.64. The van der Waals surface area contributed by atoms with Crippen LogP contribution in [0.25, 0.3) is 0 Å². The largest absolute Gasteiger partial charge is 0.497 e. The zero-order valence-electron chi connectivity index (χ0n) is 16.6. The van der Waals surface area contributed by atoms with Crippen molar-refractivity contribution in [1.82, 2.24) is 5.32 Å². The fourth-order valence-corrected chi connectivity index (χ4v) is 4.29. The molecule has 1 heterocycles. The molecule has 0 spiro atoms. The highest BCUT2D eigenvalue weighted by Gasteiger charge is 2.35. The molecular formula is C21H26N2O5S. The summed E-state index contributed by atoms with van der Waals surface area (Å²) in [6.07, 6.45) is 0.694. The van der Waals surface area contributed by atoms with Crippen LogP contribution in [0.1, 0.15) is 18.9 Å². The number of anilines is 1. The van der Waals surface area contributed by atoms with E-state index < -0.39 is 16.1 Å². The van der Waals surface area contributed by atoms with Crippen molar-refractivity contribution in [1.29, 1.82) is 0 Å². The van der Waals surface area contributed by atoms with E-state index in [0.717, 1.165) is 24.2 Å². The van der Waals surface area contributed by atoms with E-state index in [1.54, 1.807) is 38.3 Å². The second kappa shape index (κ2) is 9.17. The predicted octanol–water partition coefficient (Wildman–Crippen LogP) is 2.36. The molecule has 7 nitrogen and oxygen atoms in total. The molecule has 1 aliphatic rings. The molecular weight excluding hydrogens is 392 g/mol. The number of sulfonamides is 1. The number of nitrogens with one attached hydrogen (secondary N) is 1. The summed E-state index contributed by atoms with van der Waals surface area (Å²) < 4.78 is 37.1. The number of nitrogens with zero attached hydrogens (tertiary/aromatic N) is 1. The fourth-order valence-electron chi connectivity index (χ4n) is 3.17. The van der Waals surface area contributed by atoms with E-state index in [2.05, 4.69) is 5.32 Å². The predicted molar refractivity (Wildman–Crippen MR) is 112 cm³/mol. The van der Waals surface area contributed by atoms with Crippen molar-refractivity contribution in [3.05, 3.63) is 54.1 Å². The van der Waals surface area contributed by atoms with Gasteiger partial charge in [0.25, 0.3) is 5.91 Å². The van der Waals surface area contributed by atoms with Crippen molar-refractivity contribution >= 4 is 21.6 Å². The van der Waals surface area contributed by atoms with Crippen LogP contribution in [0.4, 0.5) is 5.69 Å². The summed E-state index contributed by atoms with van der Waals surface area (Å²) in [6.45, 7) is 2.03. The van der Waals surface area contributed by atoms with Gasteiger partial charge in [-0.05, 0) is 49.6 Å². The van der Waals surface area contributed by atoms with Gasteiger partial charge in [-0.1, -0.05) is 24.3 Å². The van der Waals surface area contributed by atoms with Crippen LogP contribution in [0.2, 0.25) is 0 Å².